The van der Waals surface area contributed by atoms with Gasteiger partial charge in [0.05, 0.1) is 5.69 Å². The number of aromatic nitrogens is 1. The molecule has 2 N–H and O–H groups in total. The first-order valence-electron chi connectivity index (χ1n) is 6.90. The van der Waals surface area contributed by atoms with Crippen molar-refractivity contribution in [1.82, 2.24) is 4.98 Å². The lowest BCUT2D eigenvalue weighted by Crippen LogP contribution is -2.12. The van der Waals surface area contributed by atoms with Crippen molar-refractivity contribution in [2.24, 2.45) is 5.73 Å². The topological polar surface area (TPSA) is 48.1 Å². The molecule has 0 aliphatic carbocycles. The van der Waals surface area contributed by atoms with Crippen LogP contribution in [0.25, 0.3) is 0 Å². The summed E-state index contributed by atoms with van der Waals surface area (Å²) in [6, 6.07) is 5.87. The molecule has 0 aliphatic rings. The summed E-state index contributed by atoms with van der Waals surface area (Å²) in [6.45, 7) is 8.91. The van der Waals surface area contributed by atoms with Gasteiger partial charge >= 0.3 is 0 Å². The largest absolute Gasteiger partial charge is 0.486 e. The molecular weight excluding hydrogens is 348 g/mol. The predicted octanol–water partition coefficient (Wildman–Crippen LogP) is 4.80. The molecule has 21 heavy (non-hydrogen) atoms. The van der Waals surface area contributed by atoms with Crippen molar-refractivity contribution < 1.29 is 4.74 Å². The number of halogens is 1. The summed E-state index contributed by atoms with van der Waals surface area (Å²) in [5.74, 6) is 0.812. The third kappa shape index (κ3) is 4.28. The van der Waals surface area contributed by atoms with Crippen molar-refractivity contribution in [2.75, 3.05) is 0 Å². The van der Waals surface area contributed by atoms with Crippen LogP contribution in [0, 0.1) is 0 Å². The van der Waals surface area contributed by atoms with Crippen molar-refractivity contribution in [3.8, 4) is 5.75 Å². The second-order valence-electron chi connectivity index (χ2n) is 6.14. The van der Waals surface area contributed by atoms with Gasteiger partial charge in [0, 0.05) is 26.9 Å². The molecule has 3 nitrogen and oxygen atoms in total. The molecular formula is C16H21BrN2OS. The zero-order chi connectivity index (χ0) is 15.6. The third-order valence-electron chi connectivity index (χ3n) is 3.14. The molecule has 0 spiro atoms. The minimum Gasteiger partial charge on any atom is -0.486 e. The van der Waals surface area contributed by atoms with E-state index in [1.165, 1.54) is 0 Å². The number of nitrogens with two attached hydrogens (primary N) is 1. The van der Waals surface area contributed by atoms with E-state index in [9.17, 15) is 0 Å². The molecule has 1 aromatic heterocycles. The van der Waals surface area contributed by atoms with E-state index in [2.05, 4.69) is 47.1 Å². The highest BCUT2D eigenvalue weighted by Crippen LogP contribution is 2.29. The highest BCUT2D eigenvalue weighted by Gasteiger charge is 2.18. The Bertz CT molecular complexity index is 617. The second-order valence-corrected chi connectivity index (χ2v) is 7.99. The zero-order valence-corrected chi connectivity index (χ0v) is 15.2. The molecule has 0 aliphatic heterocycles. The van der Waals surface area contributed by atoms with Gasteiger partial charge < -0.3 is 10.5 Å². The Morgan fingerprint density at radius 1 is 1.38 bits per heavy atom. The lowest BCUT2D eigenvalue weighted by Gasteiger charge is -2.15. The molecule has 0 fully saturated rings. The van der Waals surface area contributed by atoms with Gasteiger partial charge in [0.15, 0.2) is 0 Å². The smallest absolute Gasteiger partial charge is 0.140 e. The molecule has 0 saturated heterocycles. The molecule has 2 aromatic rings. The first-order chi connectivity index (χ1) is 9.77. The number of thiazole rings is 1. The highest BCUT2D eigenvalue weighted by atomic mass is 79.9. The fraction of sp³-hybridized carbons (Fsp3) is 0.438. The molecule has 114 valence electrons. The lowest BCUT2D eigenvalue weighted by atomic mass is 9.93. The number of hydrogen-bond donors (Lipinski definition) is 1. The van der Waals surface area contributed by atoms with Crippen molar-refractivity contribution >= 4 is 27.3 Å². The van der Waals surface area contributed by atoms with Gasteiger partial charge in [-0.25, -0.2) is 4.98 Å². The molecule has 1 heterocycles. The van der Waals surface area contributed by atoms with Crippen LogP contribution in [0.1, 0.15) is 50.0 Å². The summed E-state index contributed by atoms with van der Waals surface area (Å²) in [5, 5.41) is 3.09. The number of nitrogens with zero attached hydrogens (tertiary/aromatic N) is 1. The van der Waals surface area contributed by atoms with E-state index in [4.69, 9.17) is 10.5 Å². The van der Waals surface area contributed by atoms with Gasteiger partial charge in [0.25, 0.3) is 0 Å². The van der Waals surface area contributed by atoms with Crippen LogP contribution in [0.3, 0.4) is 0 Å². The summed E-state index contributed by atoms with van der Waals surface area (Å²) < 4.78 is 6.91. The Balaban J connectivity index is 2.13. The molecule has 1 atom stereocenters. The summed E-state index contributed by atoms with van der Waals surface area (Å²) in [5.41, 5.74) is 8.17. The zero-order valence-electron chi connectivity index (χ0n) is 12.8. The fourth-order valence-electron chi connectivity index (χ4n) is 1.87. The lowest BCUT2D eigenvalue weighted by molar-refractivity contribution is 0.300. The second kappa shape index (κ2) is 6.46. The van der Waals surface area contributed by atoms with E-state index >= 15 is 0 Å². The molecule has 1 aromatic carbocycles. The van der Waals surface area contributed by atoms with E-state index in [0.29, 0.717) is 6.61 Å². The van der Waals surface area contributed by atoms with E-state index in [-0.39, 0.29) is 11.5 Å². The Hall–Kier alpha value is -0.910. The van der Waals surface area contributed by atoms with Gasteiger partial charge in [-0.3, -0.25) is 0 Å². The summed E-state index contributed by atoms with van der Waals surface area (Å²) in [4.78, 5) is 4.64. The molecule has 0 saturated carbocycles. The van der Waals surface area contributed by atoms with Gasteiger partial charge in [-0.2, -0.15) is 0 Å². The van der Waals surface area contributed by atoms with Gasteiger partial charge in [0.2, 0.25) is 0 Å². The van der Waals surface area contributed by atoms with Gasteiger partial charge in [-0.1, -0.05) is 42.8 Å². The van der Waals surface area contributed by atoms with Crippen LogP contribution in [0.5, 0.6) is 5.75 Å². The molecule has 0 radical (unpaired) electrons. The van der Waals surface area contributed by atoms with Crippen LogP contribution in [-0.2, 0) is 12.0 Å². The normalized spacial score (nSPS) is 13.2. The van der Waals surface area contributed by atoms with Crippen molar-refractivity contribution in [2.45, 2.75) is 45.8 Å². The molecule has 0 amide bonds. The van der Waals surface area contributed by atoms with Crippen molar-refractivity contribution in [3.63, 3.8) is 0 Å². The maximum Gasteiger partial charge on any atom is 0.140 e. The standard InChI is InChI=1S/C16H21BrN2OS/c1-10(18)12-6-5-11(17)7-13(12)20-8-15-19-14(9-21-15)16(2,3)4/h5-7,9-10H,8,18H2,1-4H3/t10-/m1/s1. The monoisotopic (exact) mass is 368 g/mol. The third-order valence-corrected chi connectivity index (χ3v) is 4.45. The van der Waals surface area contributed by atoms with Gasteiger partial charge in [0.1, 0.15) is 17.4 Å². The Kier molecular flexibility index (Phi) is 5.07. The SMILES string of the molecule is C[C@@H](N)c1ccc(Br)cc1OCc1nc(C(C)(C)C)cs1. The Morgan fingerprint density at radius 3 is 2.67 bits per heavy atom. The number of rotatable bonds is 4. The fourth-order valence-corrected chi connectivity index (χ4v) is 3.14. The van der Waals surface area contributed by atoms with Crippen LogP contribution in [-0.4, -0.2) is 4.98 Å². The Morgan fingerprint density at radius 2 is 2.10 bits per heavy atom. The number of hydrogen-bond acceptors (Lipinski definition) is 4. The minimum absolute atomic E-state index is 0.0606. The average Bonchev–Trinajstić information content (AvgIpc) is 2.84. The Labute approximate surface area is 138 Å². The maximum atomic E-state index is 5.99. The van der Waals surface area contributed by atoms with E-state index in [1.54, 1.807) is 11.3 Å². The van der Waals surface area contributed by atoms with Crippen molar-refractivity contribution in [1.29, 1.82) is 0 Å². The molecule has 5 heteroatoms. The first-order valence-corrected chi connectivity index (χ1v) is 8.57. The van der Waals surface area contributed by atoms with E-state index in [0.717, 1.165) is 26.5 Å². The minimum atomic E-state index is -0.0606. The van der Waals surface area contributed by atoms with Crippen LogP contribution in [0.15, 0.2) is 28.1 Å². The predicted molar refractivity (Wildman–Crippen MR) is 91.9 cm³/mol. The quantitative estimate of drug-likeness (QED) is 0.842. The van der Waals surface area contributed by atoms with E-state index in [1.807, 2.05) is 25.1 Å². The average molecular weight is 369 g/mol. The van der Waals surface area contributed by atoms with E-state index < -0.39 is 0 Å². The number of ether oxygens (including phenoxy) is 1. The van der Waals surface area contributed by atoms with Gasteiger partial charge in [-0.05, 0) is 19.1 Å². The van der Waals surface area contributed by atoms with Crippen LogP contribution in [0.4, 0.5) is 0 Å². The van der Waals surface area contributed by atoms with Crippen LogP contribution < -0.4 is 10.5 Å². The first kappa shape index (κ1) is 16.5. The summed E-state index contributed by atoms with van der Waals surface area (Å²) in [6.07, 6.45) is 0. The van der Waals surface area contributed by atoms with Crippen LogP contribution >= 0.6 is 27.3 Å². The summed E-state index contributed by atoms with van der Waals surface area (Å²) >= 11 is 5.10. The maximum absolute atomic E-state index is 5.99. The van der Waals surface area contributed by atoms with Gasteiger partial charge in [-0.15, -0.1) is 11.3 Å². The van der Waals surface area contributed by atoms with Crippen molar-refractivity contribution in [3.05, 3.63) is 44.3 Å². The number of benzene rings is 1. The molecule has 2 rings (SSSR count). The van der Waals surface area contributed by atoms with Crippen LogP contribution in [0.2, 0.25) is 0 Å². The molecule has 0 unspecified atom stereocenters. The highest BCUT2D eigenvalue weighted by molar-refractivity contribution is 9.10. The summed E-state index contributed by atoms with van der Waals surface area (Å²) in [7, 11) is 0. The molecule has 0 bridgehead atoms.